The van der Waals surface area contributed by atoms with Gasteiger partial charge in [-0.3, -0.25) is 4.79 Å². The summed E-state index contributed by atoms with van der Waals surface area (Å²) >= 11 is 1.28. The standard InChI is InChI=1S/C10H17N3OS/c1-3-7(4-2)5-12-9(14)8-6-15-10(11)13-8/h6-7H,3-5H2,1-2H3,(H2,11,13)(H,12,14). The van der Waals surface area contributed by atoms with Gasteiger partial charge in [0, 0.05) is 11.9 Å². The summed E-state index contributed by atoms with van der Waals surface area (Å²) in [6.45, 7) is 4.96. The van der Waals surface area contributed by atoms with E-state index < -0.39 is 0 Å². The molecule has 84 valence electrons. The summed E-state index contributed by atoms with van der Waals surface area (Å²) in [6, 6.07) is 0. The highest BCUT2D eigenvalue weighted by molar-refractivity contribution is 7.13. The summed E-state index contributed by atoms with van der Waals surface area (Å²) in [5.74, 6) is 0.416. The molecule has 0 aliphatic carbocycles. The molecule has 0 aliphatic rings. The summed E-state index contributed by atoms with van der Waals surface area (Å²) in [6.07, 6.45) is 2.16. The smallest absolute Gasteiger partial charge is 0.270 e. The van der Waals surface area contributed by atoms with Gasteiger partial charge in [-0.1, -0.05) is 26.7 Å². The molecule has 1 aromatic heterocycles. The minimum absolute atomic E-state index is 0.130. The molecule has 0 radical (unpaired) electrons. The van der Waals surface area contributed by atoms with Gasteiger partial charge in [-0.25, -0.2) is 4.98 Å². The Kier molecular flexibility index (Phi) is 4.55. The third kappa shape index (κ3) is 3.51. The van der Waals surface area contributed by atoms with E-state index in [1.54, 1.807) is 5.38 Å². The molecule has 0 atom stereocenters. The predicted molar refractivity (Wildman–Crippen MR) is 62.9 cm³/mol. The molecule has 0 aliphatic heterocycles. The van der Waals surface area contributed by atoms with E-state index in [1.165, 1.54) is 11.3 Å². The van der Waals surface area contributed by atoms with Gasteiger partial charge in [-0.15, -0.1) is 11.3 Å². The maximum absolute atomic E-state index is 11.6. The summed E-state index contributed by atoms with van der Waals surface area (Å²) in [7, 11) is 0. The van der Waals surface area contributed by atoms with Crippen molar-refractivity contribution in [1.29, 1.82) is 0 Å². The first-order chi connectivity index (χ1) is 7.17. The van der Waals surface area contributed by atoms with Gasteiger partial charge >= 0.3 is 0 Å². The second kappa shape index (κ2) is 5.70. The van der Waals surface area contributed by atoms with E-state index in [0.717, 1.165) is 12.8 Å². The van der Waals surface area contributed by atoms with Gasteiger partial charge in [-0.05, 0) is 5.92 Å². The maximum atomic E-state index is 11.6. The van der Waals surface area contributed by atoms with Crippen molar-refractivity contribution in [3.8, 4) is 0 Å². The van der Waals surface area contributed by atoms with E-state index in [2.05, 4.69) is 24.1 Å². The molecule has 1 rings (SSSR count). The monoisotopic (exact) mass is 227 g/mol. The number of anilines is 1. The lowest BCUT2D eigenvalue weighted by Gasteiger charge is -2.12. The second-order valence-corrected chi connectivity index (χ2v) is 4.35. The Balaban J connectivity index is 2.42. The molecule has 1 heterocycles. The van der Waals surface area contributed by atoms with Crippen molar-refractivity contribution >= 4 is 22.4 Å². The number of nitrogens with one attached hydrogen (secondary N) is 1. The van der Waals surface area contributed by atoms with Crippen molar-refractivity contribution < 1.29 is 4.79 Å². The van der Waals surface area contributed by atoms with Crippen LogP contribution in [0.2, 0.25) is 0 Å². The van der Waals surface area contributed by atoms with Gasteiger partial charge in [-0.2, -0.15) is 0 Å². The molecule has 0 fully saturated rings. The second-order valence-electron chi connectivity index (χ2n) is 3.46. The Morgan fingerprint density at radius 2 is 2.27 bits per heavy atom. The zero-order chi connectivity index (χ0) is 11.3. The van der Waals surface area contributed by atoms with Crippen LogP contribution in [0.4, 0.5) is 5.13 Å². The topological polar surface area (TPSA) is 68.0 Å². The molecule has 0 aromatic carbocycles. The van der Waals surface area contributed by atoms with Crippen LogP contribution < -0.4 is 11.1 Å². The lowest BCUT2D eigenvalue weighted by atomic mass is 10.0. The average molecular weight is 227 g/mol. The Hall–Kier alpha value is -1.10. The molecule has 1 aromatic rings. The first-order valence-electron chi connectivity index (χ1n) is 5.16. The molecule has 1 amide bonds. The number of hydrogen-bond donors (Lipinski definition) is 2. The maximum Gasteiger partial charge on any atom is 0.270 e. The van der Waals surface area contributed by atoms with Crippen molar-refractivity contribution in [2.24, 2.45) is 5.92 Å². The van der Waals surface area contributed by atoms with Crippen LogP contribution in [0.15, 0.2) is 5.38 Å². The van der Waals surface area contributed by atoms with Crippen LogP contribution in [0.25, 0.3) is 0 Å². The number of carbonyl (C=O) groups excluding carboxylic acids is 1. The van der Waals surface area contributed by atoms with Crippen LogP contribution in [0, 0.1) is 5.92 Å². The molecule has 15 heavy (non-hydrogen) atoms. The molecule has 0 saturated carbocycles. The largest absolute Gasteiger partial charge is 0.375 e. The molecule has 3 N–H and O–H groups in total. The fourth-order valence-electron chi connectivity index (χ4n) is 1.30. The van der Waals surface area contributed by atoms with Crippen LogP contribution in [0.1, 0.15) is 37.2 Å². The zero-order valence-electron chi connectivity index (χ0n) is 9.12. The Labute approximate surface area is 93.9 Å². The van der Waals surface area contributed by atoms with Gasteiger partial charge in [0.25, 0.3) is 5.91 Å². The summed E-state index contributed by atoms with van der Waals surface area (Å²) in [5.41, 5.74) is 5.87. The Bertz CT molecular complexity index is 320. The molecule has 4 nitrogen and oxygen atoms in total. The van der Waals surface area contributed by atoms with Gasteiger partial charge < -0.3 is 11.1 Å². The van der Waals surface area contributed by atoms with E-state index in [-0.39, 0.29) is 5.91 Å². The quantitative estimate of drug-likeness (QED) is 0.807. The Morgan fingerprint density at radius 1 is 1.60 bits per heavy atom. The highest BCUT2D eigenvalue weighted by atomic mass is 32.1. The molecule has 5 heteroatoms. The van der Waals surface area contributed by atoms with Gasteiger partial charge in [0.1, 0.15) is 5.69 Å². The number of carbonyl (C=O) groups is 1. The Morgan fingerprint density at radius 3 is 2.73 bits per heavy atom. The summed E-state index contributed by atoms with van der Waals surface area (Å²) in [5, 5.41) is 4.98. The van der Waals surface area contributed by atoms with Crippen molar-refractivity contribution in [2.75, 3.05) is 12.3 Å². The number of nitrogens with zero attached hydrogens (tertiary/aromatic N) is 1. The predicted octanol–water partition coefficient (Wildman–Crippen LogP) is 1.89. The number of nitrogens with two attached hydrogens (primary N) is 1. The lowest BCUT2D eigenvalue weighted by Crippen LogP contribution is -2.29. The van der Waals surface area contributed by atoms with Crippen LogP contribution in [0.5, 0.6) is 0 Å². The fraction of sp³-hybridized carbons (Fsp3) is 0.600. The number of thiazole rings is 1. The summed E-state index contributed by atoms with van der Waals surface area (Å²) < 4.78 is 0. The fourth-order valence-corrected chi connectivity index (χ4v) is 1.84. The molecule has 0 bridgehead atoms. The van der Waals surface area contributed by atoms with Crippen molar-refractivity contribution in [3.05, 3.63) is 11.1 Å². The van der Waals surface area contributed by atoms with E-state index in [0.29, 0.717) is 23.3 Å². The number of hydrogen-bond acceptors (Lipinski definition) is 4. The van der Waals surface area contributed by atoms with Gasteiger partial charge in [0.15, 0.2) is 5.13 Å². The summed E-state index contributed by atoms with van der Waals surface area (Å²) in [4.78, 5) is 15.5. The lowest BCUT2D eigenvalue weighted by molar-refractivity contribution is 0.0942. The van der Waals surface area contributed by atoms with Crippen LogP contribution in [0.3, 0.4) is 0 Å². The number of nitrogen functional groups attached to an aromatic ring is 1. The molecular formula is C10H17N3OS. The first-order valence-corrected chi connectivity index (χ1v) is 6.04. The van der Waals surface area contributed by atoms with Crippen molar-refractivity contribution in [2.45, 2.75) is 26.7 Å². The highest BCUT2D eigenvalue weighted by Crippen LogP contribution is 2.11. The van der Waals surface area contributed by atoms with E-state index in [1.807, 2.05) is 0 Å². The van der Waals surface area contributed by atoms with Crippen LogP contribution in [-0.4, -0.2) is 17.4 Å². The SMILES string of the molecule is CCC(CC)CNC(=O)c1csc(N)n1. The average Bonchev–Trinajstić information content (AvgIpc) is 2.66. The molecular weight excluding hydrogens is 210 g/mol. The van der Waals surface area contributed by atoms with Gasteiger partial charge in [0.05, 0.1) is 0 Å². The zero-order valence-corrected chi connectivity index (χ0v) is 9.93. The van der Waals surface area contributed by atoms with Gasteiger partial charge in [0.2, 0.25) is 0 Å². The first kappa shape index (κ1) is 12.0. The van der Waals surface area contributed by atoms with Crippen molar-refractivity contribution in [3.63, 3.8) is 0 Å². The third-order valence-corrected chi connectivity index (χ3v) is 3.13. The molecule has 0 unspecified atom stereocenters. The van der Waals surface area contributed by atoms with E-state index in [9.17, 15) is 4.79 Å². The highest BCUT2D eigenvalue weighted by Gasteiger charge is 2.11. The van der Waals surface area contributed by atoms with E-state index >= 15 is 0 Å². The molecule has 0 spiro atoms. The third-order valence-electron chi connectivity index (χ3n) is 2.46. The minimum atomic E-state index is -0.130. The van der Waals surface area contributed by atoms with Crippen LogP contribution >= 0.6 is 11.3 Å². The number of rotatable bonds is 5. The molecule has 0 saturated heterocycles. The number of amides is 1. The van der Waals surface area contributed by atoms with E-state index in [4.69, 9.17) is 5.73 Å². The van der Waals surface area contributed by atoms with Crippen molar-refractivity contribution in [1.82, 2.24) is 10.3 Å². The van der Waals surface area contributed by atoms with Crippen LogP contribution in [-0.2, 0) is 0 Å². The number of aromatic nitrogens is 1. The normalized spacial score (nSPS) is 10.6. The minimum Gasteiger partial charge on any atom is -0.375 e.